The first-order valence-electron chi connectivity index (χ1n) is 12.0. The molecule has 11 nitrogen and oxygen atoms in total. The molecule has 0 bridgehead atoms. The van der Waals surface area contributed by atoms with Crippen molar-refractivity contribution >= 4 is 53.9 Å². The summed E-state index contributed by atoms with van der Waals surface area (Å²) in [7, 11) is -4.27. The number of halogens is 2. The SMILES string of the molecule is CC(NP(=O)(OC[C@H]1S[C@@H](n2ccc(N)nc2=O)[C@@H](F)[C@@H]1O)Oc1ccc(I)cc1)C(=O)OCc1ccccc1. The maximum Gasteiger partial charge on any atom is 0.459 e. The number of aromatic nitrogens is 2. The number of alkyl halides is 1. The minimum absolute atomic E-state index is 0.0123. The van der Waals surface area contributed by atoms with Gasteiger partial charge in [0, 0.05) is 9.77 Å². The average molecular weight is 704 g/mol. The van der Waals surface area contributed by atoms with Crippen molar-refractivity contribution in [1.82, 2.24) is 14.6 Å². The summed E-state index contributed by atoms with van der Waals surface area (Å²) in [6, 6.07) is 15.9. The van der Waals surface area contributed by atoms with E-state index in [1.807, 2.05) is 18.2 Å². The number of carbonyl (C=O) groups excluding carboxylic acids is 1. The van der Waals surface area contributed by atoms with Gasteiger partial charge in [-0.1, -0.05) is 30.3 Å². The summed E-state index contributed by atoms with van der Waals surface area (Å²) in [5, 5.41) is 11.1. The molecule has 1 saturated heterocycles. The number of nitrogens with two attached hydrogens (primary N) is 1. The Morgan fingerprint density at radius 3 is 2.62 bits per heavy atom. The van der Waals surface area contributed by atoms with Crippen LogP contribution in [0.4, 0.5) is 10.2 Å². The summed E-state index contributed by atoms with van der Waals surface area (Å²) in [5.41, 5.74) is 5.51. The number of hydrogen-bond donors (Lipinski definition) is 3. The molecule has 1 aromatic heterocycles. The highest BCUT2D eigenvalue weighted by molar-refractivity contribution is 14.1. The first-order valence-corrected chi connectivity index (χ1v) is 15.6. The number of anilines is 1. The molecule has 2 unspecified atom stereocenters. The van der Waals surface area contributed by atoms with Crippen LogP contribution in [0.3, 0.4) is 0 Å². The second-order valence-corrected chi connectivity index (χ2v) is 13.1. The number of aliphatic hydroxyl groups is 1. The van der Waals surface area contributed by atoms with Gasteiger partial charge in [0.25, 0.3) is 0 Å². The van der Waals surface area contributed by atoms with Gasteiger partial charge in [0.2, 0.25) is 0 Å². The molecule has 0 radical (unpaired) electrons. The summed E-state index contributed by atoms with van der Waals surface area (Å²) in [5.74, 6) is -0.522. The fourth-order valence-corrected chi connectivity index (χ4v) is 7.12. The van der Waals surface area contributed by atoms with Gasteiger partial charge in [-0.15, -0.1) is 11.8 Å². The first-order chi connectivity index (χ1) is 19.0. The zero-order chi connectivity index (χ0) is 28.9. The van der Waals surface area contributed by atoms with Crippen LogP contribution in [-0.4, -0.2) is 50.8 Å². The molecule has 0 saturated carbocycles. The third-order valence-electron chi connectivity index (χ3n) is 5.80. The minimum atomic E-state index is -4.27. The number of rotatable bonds is 11. The lowest BCUT2D eigenvalue weighted by Gasteiger charge is -2.24. The Morgan fingerprint density at radius 2 is 1.95 bits per heavy atom. The van der Waals surface area contributed by atoms with Crippen LogP contribution in [0.5, 0.6) is 5.75 Å². The Labute approximate surface area is 247 Å². The molecule has 0 amide bonds. The molecule has 3 aromatic rings. The highest BCUT2D eigenvalue weighted by atomic mass is 127. The molecule has 214 valence electrons. The highest BCUT2D eigenvalue weighted by Gasteiger charge is 2.46. The van der Waals surface area contributed by atoms with Gasteiger partial charge >= 0.3 is 19.4 Å². The normalized spacial score (nSPS) is 22.8. The van der Waals surface area contributed by atoms with Gasteiger partial charge in [-0.05, 0) is 65.4 Å². The summed E-state index contributed by atoms with van der Waals surface area (Å²) < 4.78 is 47.4. The predicted octanol–water partition coefficient (Wildman–Crippen LogP) is 3.67. The number of esters is 1. The van der Waals surface area contributed by atoms with E-state index in [2.05, 4.69) is 32.7 Å². The second-order valence-electron chi connectivity index (χ2n) is 8.82. The van der Waals surface area contributed by atoms with Crippen LogP contribution in [0, 0.1) is 3.57 Å². The standard InChI is InChI=1S/C25H27FIN4O7PS/c1-15(24(33)36-13-16-5-3-2-4-6-16)30-39(35,38-18-9-7-17(27)8-10-18)37-14-19-22(32)21(26)23(40-19)31-12-11-20(28)29-25(31)34/h2-12,15,19,21-23,32H,13-14H2,1H3,(H,30,35)(H2,28,29,34)/t15?,19-,21+,22-,23-,39?/m1/s1. The number of aliphatic hydroxyl groups excluding tert-OH is 1. The third kappa shape index (κ3) is 7.83. The van der Waals surface area contributed by atoms with Crippen LogP contribution < -0.4 is 21.0 Å². The van der Waals surface area contributed by atoms with Crippen molar-refractivity contribution in [3.05, 3.63) is 86.5 Å². The van der Waals surface area contributed by atoms with Crippen molar-refractivity contribution in [2.75, 3.05) is 12.3 Å². The zero-order valence-corrected chi connectivity index (χ0v) is 25.0. The average Bonchev–Trinajstić information content (AvgIpc) is 3.21. The molecule has 0 spiro atoms. The highest BCUT2D eigenvalue weighted by Crippen LogP contribution is 2.49. The van der Waals surface area contributed by atoms with Gasteiger partial charge in [0.05, 0.1) is 11.9 Å². The summed E-state index contributed by atoms with van der Waals surface area (Å²) >= 11 is 3.01. The lowest BCUT2D eigenvalue weighted by Crippen LogP contribution is -2.36. The number of nitrogens with one attached hydrogen (secondary N) is 1. The summed E-state index contributed by atoms with van der Waals surface area (Å²) in [6.45, 7) is 1.02. The molecule has 2 aromatic carbocycles. The predicted molar refractivity (Wildman–Crippen MR) is 156 cm³/mol. The van der Waals surface area contributed by atoms with Crippen LogP contribution in [0.25, 0.3) is 0 Å². The number of nitrogens with zero attached hydrogens (tertiary/aromatic N) is 2. The minimum Gasteiger partial charge on any atom is -0.460 e. The van der Waals surface area contributed by atoms with Gasteiger partial charge in [0.15, 0.2) is 6.17 Å². The Balaban J connectivity index is 1.46. The molecule has 40 heavy (non-hydrogen) atoms. The molecule has 0 aliphatic carbocycles. The molecular formula is C25H27FIN4O7PS. The number of hydrogen-bond acceptors (Lipinski definition) is 10. The van der Waals surface area contributed by atoms with E-state index in [9.17, 15) is 19.3 Å². The Hall–Kier alpha value is -2.49. The molecule has 1 aliphatic rings. The molecule has 4 rings (SSSR count). The van der Waals surface area contributed by atoms with E-state index in [-0.39, 0.29) is 18.2 Å². The van der Waals surface area contributed by atoms with Gasteiger partial charge in [-0.25, -0.2) is 13.8 Å². The molecule has 4 N–H and O–H groups in total. The Kier molecular flexibility index (Phi) is 10.2. The second kappa shape index (κ2) is 13.4. The number of carbonyl (C=O) groups is 1. The number of benzene rings is 2. The maximum atomic E-state index is 15.0. The molecular weight excluding hydrogens is 677 g/mol. The third-order valence-corrected chi connectivity index (χ3v) is 9.69. The van der Waals surface area contributed by atoms with Crippen LogP contribution >= 0.6 is 42.1 Å². The molecule has 15 heteroatoms. The Bertz CT molecular complexity index is 1420. The number of thioether (sulfide) groups is 1. The van der Waals surface area contributed by atoms with Crippen LogP contribution in [0.15, 0.2) is 71.7 Å². The zero-order valence-electron chi connectivity index (χ0n) is 21.1. The van der Waals surface area contributed by atoms with Crippen LogP contribution in [0.1, 0.15) is 17.9 Å². The topological polar surface area (TPSA) is 155 Å². The van der Waals surface area contributed by atoms with Crippen molar-refractivity contribution in [3.63, 3.8) is 0 Å². The van der Waals surface area contributed by atoms with E-state index in [0.29, 0.717) is 0 Å². The van der Waals surface area contributed by atoms with Crippen LogP contribution in [-0.2, 0) is 25.2 Å². The van der Waals surface area contributed by atoms with E-state index >= 15 is 4.39 Å². The fourth-order valence-electron chi connectivity index (χ4n) is 3.72. The van der Waals surface area contributed by atoms with Crippen molar-refractivity contribution in [3.8, 4) is 5.75 Å². The molecule has 1 fully saturated rings. The quantitative estimate of drug-likeness (QED) is 0.152. The van der Waals surface area contributed by atoms with Crippen molar-refractivity contribution in [2.24, 2.45) is 0 Å². The Morgan fingerprint density at radius 1 is 1.25 bits per heavy atom. The number of ether oxygens (including phenoxy) is 1. The largest absolute Gasteiger partial charge is 0.460 e. The van der Waals surface area contributed by atoms with E-state index in [1.165, 1.54) is 19.2 Å². The van der Waals surface area contributed by atoms with E-state index in [1.54, 1.807) is 36.4 Å². The van der Waals surface area contributed by atoms with E-state index in [4.69, 9.17) is 19.5 Å². The summed E-state index contributed by atoms with van der Waals surface area (Å²) in [6.07, 6.45) is -2.11. The molecule has 1 aliphatic heterocycles. The van der Waals surface area contributed by atoms with E-state index < -0.39 is 55.0 Å². The lowest BCUT2D eigenvalue weighted by atomic mass is 10.1. The van der Waals surface area contributed by atoms with Gasteiger partial charge < -0.3 is 20.1 Å². The van der Waals surface area contributed by atoms with Crippen molar-refractivity contribution in [1.29, 1.82) is 0 Å². The van der Waals surface area contributed by atoms with Gasteiger partial charge in [0.1, 0.15) is 35.7 Å². The molecule has 6 atom stereocenters. The molecule has 2 heterocycles. The monoisotopic (exact) mass is 704 g/mol. The van der Waals surface area contributed by atoms with Crippen LogP contribution in [0.2, 0.25) is 0 Å². The lowest BCUT2D eigenvalue weighted by molar-refractivity contribution is -0.146. The first kappa shape index (κ1) is 30.5. The van der Waals surface area contributed by atoms with Gasteiger partial charge in [-0.2, -0.15) is 10.1 Å². The van der Waals surface area contributed by atoms with Crippen molar-refractivity contribution < 1.29 is 32.6 Å². The summed E-state index contributed by atoms with van der Waals surface area (Å²) in [4.78, 5) is 28.5. The van der Waals surface area contributed by atoms with E-state index in [0.717, 1.165) is 25.5 Å². The maximum absolute atomic E-state index is 15.0. The fraction of sp³-hybridized carbons (Fsp3) is 0.320. The smallest absolute Gasteiger partial charge is 0.459 e. The van der Waals surface area contributed by atoms with Crippen molar-refractivity contribution in [2.45, 2.75) is 42.5 Å². The van der Waals surface area contributed by atoms with Gasteiger partial charge in [-0.3, -0.25) is 13.9 Å². The number of nitrogen functional groups attached to an aromatic ring is 1.